The van der Waals surface area contributed by atoms with Crippen LogP contribution in [0.2, 0.25) is 0 Å². The summed E-state index contributed by atoms with van der Waals surface area (Å²) in [6, 6.07) is 9.20. The molecule has 0 aliphatic carbocycles. The quantitative estimate of drug-likeness (QED) is 0.668. The molecule has 1 amide bonds. The van der Waals surface area contributed by atoms with Crippen LogP contribution < -0.4 is 10.1 Å². The first kappa shape index (κ1) is 19.6. The van der Waals surface area contributed by atoms with E-state index in [4.69, 9.17) is 4.74 Å². The van der Waals surface area contributed by atoms with Gasteiger partial charge in [0.1, 0.15) is 5.75 Å². The number of hydrogen-bond acceptors (Lipinski definition) is 6. The minimum absolute atomic E-state index is 0.259. The number of carbonyl (C=O) groups excluding carboxylic acids is 1. The van der Waals surface area contributed by atoms with E-state index in [0.717, 1.165) is 42.7 Å². The summed E-state index contributed by atoms with van der Waals surface area (Å²) in [6.45, 7) is 5.38. The standard InChI is InChI=1S/C21H25N5O2S/c1-15-7-10-25(11-8-15)13-16-14-29-21(22-16)23-20(27)19-9-12-26(24-19)17-3-5-18(28-2)6-4-17/h3-6,9,12,14-15H,7-8,10-11,13H2,1-2H3,(H,22,23,27). The molecule has 0 radical (unpaired) electrons. The summed E-state index contributed by atoms with van der Waals surface area (Å²) >= 11 is 1.45. The maximum Gasteiger partial charge on any atom is 0.277 e. The van der Waals surface area contributed by atoms with E-state index in [1.54, 1.807) is 24.1 Å². The van der Waals surface area contributed by atoms with Crippen molar-refractivity contribution in [3.8, 4) is 11.4 Å². The van der Waals surface area contributed by atoms with Crippen molar-refractivity contribution in [3.63, 3.8) is 0 Å². The number of hydrogen-bond donors (Lipinski definition) is 1. The number of nitrogens with zero attached hydrogens (tertiary/aromatic N) is 4. The predicted molar refractivity (Wildman–Crippen MR) is 114 cm³/mol. The van der Waals surface area contributed by atoms with Gasteiger partial charge in [-0.05, 0) is 62.2 Å². The summed E-state index contributed by atoms with van der Waals surface area (Å²) in [5.41, 5.74) is 2.21. The molecule has 0 bridgehead atoms. The van der Waals surface area contributed by atoms with Gasteiger partial charge in [0.15, 0.2) is 10.8 Å². The highest BCUT2D eigenvalue weighted by Gasteiger charge is 2.17. The van der Waals surface area contributed by atoms with Crippen LogP contribution in [0, 0.1) is 5.92 Å². The molecule has 3 aromatic rings. The maximum atomic E-state index is 12.5. The van der Waals surface area contributed by atoms with Gasteiger partial charge < -0.3 is 4.74 Å². The minimum atomic E-state index is -0.259. The van der Waals surface area contributed by atoms with E-state index >= 15 is 0 Å². The number of anilines is 1. The molecule has 3 heterocycles. The highest BCUT2D eigenvalue weighted by molar-refractivity contribution is 7.13. The fourth-order valence-electron chi connectivity index (χ4n) is 3.37. The Morgan fingerprint density at radius 3 is 2.72 bits per heavy atom. The summed E-state index contributed by atoms with van der Waals surface area (Å²) in [7, 11) is 1.63. The molecular formula is C21H25N5O2S. The van der Waals surface area contributed by atoms with E-state index in [2.05, 4.69) is 27.2 Å². The molecule has 0 spiro atoms. The summed E-state index contributed by atoms with van der Waals surface area (Å²) in [6.07, 6.45) is 4.25. The molecule has 0 atom stereocenters. The Kier molecular flexibility index (Phi) is 5.92. The molecule has 1 aliphatic rings. The van der Waals surface area contributed by atoms with Crippen LogP contribution >= 0.6 is 11.3 Å². The normalized spacial score (nSPS) is 15.4. The van der Waals surface area contributed by atoms with Crippen molar-refractivity contribution in [3.05, 3.63) is 53.3 Å². The van der Waals surface area contributed by atoms with Crippen LogP contribution in [0.5, 0.6) is 5.75 Å². The number of ether oxygens (including phenoxy) is 1. The van der Waals surface area contributed by atoms with Gasteiger partial charge in [0.2, 0.25) is 0 Å². The lowest BCUT2D eigenvalue weighted by atomic mass is 9.99. The zero-order valence-corrected chi connectivity index (χ0v) is 17.5. The van der Waals surface area contributed by atoms with Crippen molar-refractivity contribution in [2.24, 2.45) is 5.92 Å². The SMILES string of the molecule is COc1ccc(-n2ccc(C(=O)Nc3nc(CN4CCC(C)CC4)cs3)n2)cc1. The van der Waals surface area contributed by atoms with Gasteiger partial charge in [-0.1, -0.05) is 6.92 Å². The highest BCUT2D eigenvalue weighted by atomic mass is 32.1. The fourth-order valence-corrected chi connectivity index (χ4v) is 4.07. The van der Waals surface area contributed by atoms with Crippen LogP contribution in [0.3, 0.4) is 0 Å². The second kappa shape index (κ2) is 8.75. The minimum Gasteiger partial charge on any atom is -0.497 e. The molecule has 1 N–H and O–H groups in total. The molecule has 1 aliphatic heterocycles. The van der Waals surface area contributed by atoms with Gasteiger partial charge >= 0.3 is 0 Å². The lowest BCUT2D eigenvalue weighted by molar-refractivity contribution is 0.102. The molecule has 1 saturated heterocycles. The average Bonchev–Trinajstić information content (AvgIpc) is 3.40. The fraction of sp³-hybridized carbons (Fsp3) is 0.381. The molecule has 1 aromatic carbocycles. The highest BCUT2D eigenvalue weighted by Crippen LogP contribution is 2.21. The lowest BCUT2D eigenvalue weighted by Crippen LogP contribution is -2.32. The van der Waals surface area contributed by atoms with Gasteiger partial charge in [0, 0.05) is 18.1 Å². The van der Waals surface area contributed by atoms with Gasteiger partial charge in [0.05, 0.1) is 18.5 Å². The number of amides is 1. The molecule has 0 saturated carbocycles. The van der Waals surface area contributed by atoms with Gasteiger partial charge in [-0.25, -0.2) is 9.67 Å². The molecule has 1 fully saturated rings. The zero-order chi connectivity index (χ0) is 20.2. The van der Waals surface area contributed by atoms with Crippen molar-refractivity contribution in [1.29, 1.82) is 0 Å². The van der Waals surface area contributed by atoms with Crippen LogP contribution in [0.1, 0.15) is 35.9 Å². The van der Waals surface area contributed by atoms with Crippen LogP contribution in [0.15, 0.2) is 41.9 Å². The van der Waals surface area contributed by atoms with E-state index in [-0.39, 0.29) is 5.91 Å². The Bertz CT molecular complexity index is 958. The van der Waals surface area contributed by atoms with Crippen LogP contribution in [0.25, 0.3) is 5.69 Å². The number of aromatic nitrogens is 3. The first-order chi connectivity index (χ1) is 14.1. The smallest absolute Gasteiger partial charge is 0.277 e. The summed E-state index contributed by atoms with van der Waals surface area (Å²) in [5, 5.41) is 9.86. The van der Waals surface area contributed by atoms with Crippen molar-refractivity contribution in [1.82, 2.24) is 19.7 Å². The summed E-state index contributed by atoms with van der Waals surface area (Å²) in [5.74, 6) is 1.33. The first-order valence-corrected chi connectivity index (χ1v) is 10.7. The monoisotopic (exact) mass is 411 g/mol. The predicted octanol–water partition coefficient (Wildman–Crippen LogP) is 3.82. The van der Waals surface area contributed by atoms with Gasteiger partial charge in [-0.15, -0.1) is 11.3 Å². The van der Waals surface area contributed by atoms with E-state index in [1.807, 2.05) is 29.6 Å². The second-order valence-corrected chi connectivity index (χ2v) is 8.26. The Morgan fingerprint density at radius 2 is 2.00 bits per heavy atom. The average molecular weight is 412 g/mol. The Balaban J connectivity index is 1.36. The molecule has 29 heavy (non-hydrogen) atoms. The molecule has 0 unspecified atom stereocenters. The molecule has 8 heteroatoms. The molecule has 4 rings (SSSR count). The molecule has 2 aromatic heterocycles. The number of thiazole rings is 1. The van der Waals surface area contributed by atoms with Crippen LogP contribution in [-0.4, -0.2) is 45.8 Å². The molecular weight excluding hydrogens is 386 g/mol. The third kappa shape index (κ3) is 4.83. The summed E-state index contributed by atoms with van der Waals surface area (Å²) < 4.78 is 6.83. The Hall–Kier alpha value is -2.71. The van der Waals surface area contributed by atoms with Crippen molar-refractivity contribution < 1.29 is 9.53 Å². The number of nitrogens with one attached hydrogen (secondary N) is 1. The van der Waals surface area contributed by atoms with Crippen molar-refractivity contribution in [2.45, 2.75) is 26.3 Å². The number of rotatable bonds is 6. The maximum absolute atomic E-state index is 12.5. The van der Waals surface area contributed by atoms with Gasteiger partial charge in [-0.3, -0.25) is 15.0 Å². The van der Waals surface area contributed by atoms with E-state index in [1.165, 1.54) is 24.2 Å². The Morgan fingerprint density at radius 1 is 1.24 bits per heavy atom. The third-order valence-corrected chi connectivity index (χ3v) is 6.00. The number of benzene rings is 1. The topological polar surface area (TPSA) is 72.3 Å². The van der Waals surface area contributed by atoms with E-state index in [0.29, 0.717) is 10.8 Å². The number of methoxy groups -OCH3 is 1. The summed E-state index contributed by atoms with van der Waals surface area (Å²) in [4.78, 5) is 19.5. The van der Waals surface area contributed by atoms with Crippen molar-refractivity contribution >= 4 is 22.4 Å². The second-order valence-electron chi connectivity index (χ2n) is 7.40. The number of carbonyl (C=O) groups is 1. The molecule has 152 valence electrons. The zero-order valence-electron chi connectivity index (χ0n) is 16.7. The van der Waals surface area contributed by atoms with Crippen LogP contribution in [0.4, 0.5) is 5.13 Å². The van der Waals surface area contributed by atoms with Gasteiger partial charge in [-0.2, -0.15) is 5.10 Å². The van der Waals surface area contributed by atoms with E-state index < -0.39 is 0 Å². The Labute approximate surface area is 174 Å². The van der Waals surface area contributed by atoms with E-state index in [9.17, 15) is 4.79 Å². The molecule has 7 nitrogen and oxygen atoms in total. The third-order valence-electron chi connectivity index (χ3n) is 5.19. The lowest BCUT2D eigenvalue weighted by Gasteiger charge is -2.29. The van der Waals surface area contributed by atoms with Crippen LogP contribution in [-0.2, 0) is 6.54 Å². The number of likely N-dealkylation sites (tertiary alicyclic amines) is 1. The number of piperidine rings is 1. The van der Waals surface area contributed by atoms with Gasteiger partial charge in [0.25, 0.3) is 5.91 Å². The largest absolute Gasteiger partial charge is 0.497 e. The van der Waals surface area contributed by atoms with Crippen molar-refractivity contribution in [2.75, 3.05) is 25.5 Å². The first-order valence-electron chi connectivity index (χ1n) is 9.79.